The molecule has 0 aliphatic carbocycles. The molecular weight excluding hydrogens is 370 g/mol. The summed E-state index contributed by atoms with van der Waals surface area (Å²) in [7, 11) is 1.37. The van der Waals surface area contributed by atoms with Crippen molar-refractivity contribution in [2.24, 2.45) is 0 Å². The number of amides is 1. The summed E-state index contributed by atoms with van der Waals surface area (Å²) in [5.74, 6) is -0.315. The molecule has 4 nitrogen and oxygen atoms in total. The fraction of sp³-hybridized carbons (Fsp3) is 0.263. The molecule has 5 heteroatoms. The van der Waals surface area contributed by atoms with E-state index in [0.717, 1.165) is 32.3 Å². The van der Waals surface area contributed by atoms with Crippen LogP contribution in [0.1, 0.15) is 22.3 Å². The standard InChI is InChI=1S/C19H20BrNO3/c1-11-5-7-14(8-6-11)17-13(3)18(20)19(21-10-22)12(2)15(17)9-16(23)24-4/h5-8,10H,9H2,1-4H3,(H,21,22). The third kappa shape index (κ3) is 3.51. The Balaban J connectivity index is 2.77. The summed E-state index contributed by atoms with van der Waals surface area (Å²) in [5, 5.41) is 2.72. The van der Waals surface area contributed by atoms with Gasteiger partial charge in [0.15, 0.2) is 0 Å². The van der Waals surface area contributed by atoms with Gasteiger partial charge in [0.05, 0.1) is 19.2 Å². The van der Waals surface area contributed by atoms with Crippen LogP contribution in [-0.2, 0) is 20.7 Å². The fourth-order valence-electron chi connectivity index (χ4n) is 2.81. The number of rotatable bonds is 5. The summed E-state index contributed by atoms with van der Waals surface area (Å²) in [6.07, 6.45) is 0.785. The zero-order valence-electron chi connectivity index (χ0n) is 14.2. The number of nitrogens with one attached hydrogen (secondary N) is 1. The van der Waals surface area contributed by atoms with Crippen LogP contribution in [-0.4, -0.2) is 19.5 Å². The second-order valence-corrected chi connectivity index (χ2v) is 6.47. The molecule has 0 spiro atoms. The first-order valence-corrected chi connectivity index (χ1v) is 8.35. The molecule has 0 saturated carbocycles. The van der Waals surface area contributed by atoms with Crippen LogP contribution in [0.3, 0.4) is 0 Å². The predicted molar refractivity (Wildman–Crippen MR) is 99.2 cm³/mol. The normalized spacial score (nSPS) is 10.4. The minimum Gasteiger partial charge on any atom is -0.469 e. The third-order valence-electron chi connectivity index (χ3n) is 4.15. The topological polar surface area (TPSA) is 55.4 Å². The number of benzene rings is 2. The van der Waals surface area contributed by atoms with Gasteiger partial charge in [0, 0.05) is 4.47 Å². The van der Waals surface area contributed by atoms with Crippen molar-refractivity contribution in [3.63, 3.8) is 0 Å². The minimum absolute atomic E-state index is 0.146. The van der Waals surface area contributed by atoms with E-state index in [9.17, 15) is 9.59 Å². The lowest BCUT2D eigenvalue weighted by Crippen LogP contribution is -2.11. The molecule has 1 amide bonds. The molecular formula is C19H20BrNO3. The largest absolute Gasteiger partial charge is 0.469 e. The highest BCUT2D eigenvalue weighted by molar-refractivity contribution is 9.10. The number of hydrogen-bond acceptors (Lipinski definition) is 3. The predicted octanol–water partition coefficient (Wildman–Crippen LogP) is 4.33. The van der Waals surface area contributed by atoms with Crippen molar-refractivity contribution in [2.45, 2.75) is 27.2 Å². The van der Waals surface area contributed by atoms with E-state index in [1.54, 1.807) is 0 Å². The van der Waals surface area contributed by atoms with E-state index in [2.05, 4.69) is 21.2 Å². The molecule has 2 aromatic rings. The van der Waals surface area contributed by atoms with E-state index >= 15 is 0 Å². The summed E-state index contributed by atoms with van der Waals surface area (Å²) < 4.78 is 5.66. The zero-order chi connectivity index (χ0) is 17.9. The molecule has 126 valence electrons. The maximum atomic E-state index is 11.9. The van der Waals surface area contributed by atoms with E-state index in [1.807, 2.05) is 45.0 Å². The Bertz CT molecular complexity index is 782. The van der Waals surface area contributed by atoms with Crippen molar-refractivity contribution in [3.8, 4) is 11.1 Å². The highest BCUT2D eigenvalue weighted by Gasteiger charge is 2.21. The minimum atomic E-state index is -0.315. The van der Waals surface area contributed by atoms with E-state index in [0.29, 0.717) is 12.1 Å². The first-order valence-electron chi connectivity index (χ1n) is 7.56. The van der Waals surface area contributed by atoms with Crippen LogP contribution < -0.4 is 5.32 Å². The fourth-order valence-corrected chi connectivity index (χ4v) is 3.42. The van der Waals surface area contributed by atoms with Crippen molar-refractivity contribution < 1.29 is 14.3 Å². The molecule has 0 fully saturated rings. The van der Waals surface area contributed by atoms with Gasteiger partial charge in [-0.1, -0.05) is 29.8 Å². The van der Waals surface area contributed by atoms with Crippen LogP contribution in [0.5, 0.6) is 0 Å². The molecule has 0 saturated heterocycles. The lowest BCUT2D eigenvalue weighted by molar-refractivity contribution is -0.139. The van der Waals surface area contributed by atoms with Gasteiger partial charge in [0.1, 0.15) is 0 Å². The molecule has 0 aromatic heterocycles. The van der Waals surface area contributed by atoms with Gasteiger partial charge in [-0.15, -0.1) is 0 Å². The SMILES string of the molecule is COC(=O)Cc1c(C)c(NC=O)c(Br)c(C)c1-c1ccc(C)cc1. The molecule has 0 radical (unpaired) electrons. The number of aryl methyl sites for hydroxylation is 1. The Morgan fingerprint density at radius 2 is 1.79 bits per heavy atom. The Morgan fingerprint density at radius 1 is 1.17 bits per heavy atom. The molecule has 0 unspecified atom stereocenters. The van der Waals surface area contributed by atoms with Gasteiger partial charge >= 0.3 is 5.97 Å². The molecule has 0 heterocycles. The first-order chi connectivity index (χ1) is 11.4. The van der Waals surface area contributed by atoms with E-state index < -0.39 is 0 Å². The Hall–Kier alpha value is -2.14. The Labute approximate surface area is 150 Å². The highest BCUT2D eigenvalue weighted by atomic mass is 79.9. The van der Waals surface area contributed by atoms with Gasteiger partial charge in [-0.05, 0) is 64.5 Å². The van der Waals surface area contributed by atoms with Gasteiger partial charge in [-0.2, -0.15) is 0 Å². The van der Waals surface area contributed by atoms with Crippen molar-refractivity contribution in [1.29, 1.82) is 0 Å². The zero-order valence-corrected chi connectivity index (χ0v) is 15.8. The smallest absolute Gasteiger partial charge is 0.310 e. The van der Waals surface area contributed by atoms with Gasteiger partial charge in [0.25, 0.3) is 0 Å². The van der Waals surface area contributed by atoms with Crippen LogP contribution >= 0.6 is 15.9 Å². The third-order valence-corrected chi connectivity index (χ3v) is 5.14. The Morgan fingerprint density at radius 3 is 2.33 bits per heavy atom. The quantitative estimate of drug-likeness (QED) is 0.611. The van der Waals surface area contributed by atoms with Gasteiger partial charge < -0.3 is 10.1 Å². The summed E-state index contributed by atoms with van der Waals surface area (Å²) in [5.41, 5.74) is 6.53. The number of ether oxygens (including phenoxy) is 1. The lowest BCUT2D eigenvalue weighted by atomic mass is 9.88. The molecule has 0 aliphatic heterocycles. The average Bonchev–Trinajstić information content (AvgIpc) is 2.57. The van der Waals surface area contributed by atoms with Crippen LogP contribution in [0.15, 0.2) is 28.7 Å². The Kier molecular flexibility index (Phi) is 5.78. The molecule has 1 N–H and O–H groups in total. The molecule has 0 atom stereocenters. The van der Waals surface area contributed by atoms with Crippen molar-refractivity contribution in [3.05, 3.63) is 51.0 Å². The maximum absolute atomic E-state index is 11.9. The van der Waals surface area contributed by atoms with Crippen LogP contribution in [0.4, 0.5) is 5.69 Å². The number of hydrogen-bond donors (Lipinski definition) is 1. The highest BCUT2D eigenvalue weighted by Crippen LogP contribution is 2.41. The van der Waals surface area contributed by atoms with Gasteiger partial charge in [-0.3, -0.25) is 9.59 Å². The van der Waals surface area contributed by atoms with Crippen molar-refractivity contribution in [2.75, 3.05) is 12.4 Å². The lowest BCUT2D eigenvalue weighted by Gasteiger charge is -2.21. The number of anilines is 1. The number of carbonyl (C=O) groups is 2. The summed E-state index contributed by atoms with van der Waals surface area (Å²) in [6.45, 7) is 5.89. The number of esters is 1. The summed E-state index contributed by atoms with van der Waals surface area (Å²) in [4.78, 5) is 22.9. The van der Waals surface area contributed by atoms with Crippen LogP contribution in [0, 0.1) is 20.8 Å². The van der Waals surface area contributed by atoms with Gasteiger partial charge in [-0.25, -0.2) is 0 Å². The molecule has 0 aliphatic rings. The van der Waals surface area contributed by atoms with Gasteiger partial charge in [0.2, 0.25) is 6.41 Å². The van der Waals surface area contributed by atoms with E-state index in [4.69, 9.17) is 4.74 Å². The van der Waals surface area contributed by atoms with E-state index in [1.165, 1.54) is 12.7 Å². The molecule has 2 aromatic carbocycles. The average molecular weight is 390 g/mol. The first kappa shape index (κ1) is 18.2. The number of carbonyl (C=O) groups excluding carboxylic acids is 2. The van der Waals surface area contributed by atoms with E-state index in [-0.39, 0.29) is 12.4 Å². The number of halogens is 1. The second kappa shape index (κ2) is 7.62. The summed E-state index contributed by atoms with van der Waals surface area (Å²) >= 11 is 3.57. The van der Waals surface area contributed by atoms with Crippen LogP contribution in [0.25, 0.3) is 11.1 Å². The number of methoxy groups -OCH3 is 1. The maximum Gasteiger partial charge on any atom is 0.310 e. The monoisotopic (exact) mass is 389 g/mol. The van der Waals surface area contributed by atoms with Crippen LogP contribution in [0.2, 0.25) is 0 Å². The second-order valence-electron chi connectivity index (χ2n) is 5.67. The van der Waals surface area contributed by atoms with Crippen molar-refractivity contribution in [1.82, 2.24) is 0 Å². The summed E-state index contributed by atoms with van der Waals surface area (Å²) in [6, 6.07) is 8.16. The molecule has 2 rings (SSSR count). The molecule has 0 bridgehead atoms. The molecule has 24 heavy (non-hydrogen) atoms. The van der Waals surface area contributed by atoms with Crippen molar-refractivity contribution >= 4 is 34.0 Å².